The van der Waals surface area contributed by atoms with E-state index in [4.69, 9.17) is 0 Å². The molecule has 0 bridgehead atoms. The first-order valence-electron chi connectivity index (χ1n) is 8.73. The zero-order valence-corrected chi connectivity index (χ0v) is 14.3. The standard InChI is InChI=1S/C20H19FN4O/c21-16-5-3-4-14(10-16)12-22-20(26)15-6-7-18-17(11-15)19(24-13-23-18)25-8-1-2-9-25/h3-7,10-11,13H,1-2,8-9,12H2,(H,22,26). The molecule has 2 aromatic carbocycles. The van der Waals surface area contributed by atoms with Crippen LogP contribution in [0.1, 0.15) is 28.8 Å². The summed E-state index contributed by atoms with van der Waals surface area (Å²) in [6, 6.07) is 11.6. The number of carbonyl (C=O) groups excluding carboxylic acids is 1. The van der Waals surface area contributed by atoms with Gasteiger partial charge in [0.15, 0.2) is 0 Å². The lowest BCUT2D eigenvalue weighted by atomic mass is 10.1. The Bertz CT molecular complexity index is 953. The lowest BCUT2D eigenvalue weighted by molar-refractivity contribution is 0.0951. The van der Waals surface area contributed by atoms with E-state index in [0.29, 0.717) is 5.56 Å². The van der Waals surface area contributed by atoms with Crippen molar-refractivity contribution in [2.24, 2.45) is 0 Å². The van der Waals surface area contributed by atoms with Gasteiger partial charge in [0, 0.05) is 30.6 Å². The van der Waals surface area contributed by atoms with Gasteiger partial charge in [0.25, 0.3) is 5.91 Å². The van der Waals surface area contributed by atoms with E-state index in [1.165, 1.54) is 12.1 Å². The molecule has 1 aromatic heterocycles. The van der Waals surface area contributed by atoms with Crippen LogP contribution in [0.5, 0.6) is 0 Å². The van der Waals surface area contributed by atoms with E-state index in [1.807, 2.05) is 12.1 Å². The van der Waals surface area contributed by atoms with Gasteiger partial charge in [0.2, 0.25) is 0 Å². The second-order valence-electron chi connectivity index (χ2n) is 6.44. The Balaban J connectivity index is 1.57. The Kier molecular flexibility index (Phi) is 4.48. The van der Waals surface area contributed by atoms with Crippen LogP contribution in [0, 0.1) is 5.82 Å². The van der Waals surface area contributed by atoms with Gasteiger partial charge in [-0.2, -0.15) is 0 Å². The van der Waals surface area contributed by atoms with E-state index < -0.39 is 0 Å². The van der Waals surface area contributed by atoms with Gasteiger partial charge in [-0.25, -0.2) is 14.4 Å². The molecule has 1 aliphatic rings. The highest BCUT2D eigenvalue weighted by atomic mass is 19.1. The highest BCUT2D eigenvalue weighted by molar-refractivity contribution is 6.00. The fourth-order valence-electron chi connectivity index (χ4n) is 3.30. The minimum Gasteiger partial charge on any atom is -0.356 e. The lowest BCUT2D eigenvalue weighted by Crippen LogP contribution is -2.23. The van der Waals surface area contributed by atoms with Crippen molar-refractivity contribution in [2.45, 2.75) is 19.4 Å². The minimum absolute atomic E-state index is 0.201. The van der Waals surface area contributed by atoms with Crippen LogP contribution in [-0.2, 0) is 6.54 Å². The molecule has 5 nitrogen and oxygen atoms in total. The fraction of sp³-hybridized carbons (Fsp3) is 0.250. The van der Waals surface area contributed by atoms with Gasteiger partial charge in [-0.15, -0.1) is 0 Å². The Morgan fingerprint density at radius 2 is 1.96 bits per heavy atom. The van der Waals surface area contributed by atoms with E-state index in [9.17, 15) is 9.18 Å². The molecule has 1 saturated heterocycles. The molecule has 3 aromatic rings. The predicted octanol–water partition coefficient (Wildman–Crippen LogP) is 3.30. The summed E-state index contributed by atoms with van der Waals surface area (Å²) >= 11 is 0. The zero-order chi connectivity index (χ0) is 17.9. The smallest absolute Gasteiger partial charge is 0.251 e. The van der Waals surface area contributed by atoms with Crippen molar-refractivity contribution < 1.29 is 9.18 Å². The maximum Gasteiger partial charge on any atom is 0.251 e. The second kappa shape index (κ2) is 7.07. The molecule has 0 atom stereocenters. The highest BCUT2D eigenvalue weighted by Gasteiger charge is 2.17. The van der Waals surface area contributed by atoms with E-state index in [-0.39, 0.29) is 18.3 Å². The summed E-state index contributed by atoms with van der Waals surface area (Å²) in [6.45, 7) is 2.23. The van der Waals surface area contributed by atoms with Crippen LogP contribution in [0.2, 0.25) is 0 Å². The van der Waals surface area contributed by atoms with Crippen molar-refractivity contribution in [1.29, 1.82) is 0 Å². The molecule has 0 spiro atoms. The highest BCUT2D eigenvalue weighted by Crippen LogP contribution is 2.26. The Labute approximate surface area is 150 Å². The molecule has 0 unspecified atom stereocenters. The quantitative estimate of drug-likeness (QED) is 0.784. The average molecular weight is 350 g/mol. The fourth-order valence-corrected chi connectivity index (χ4v) is 3.30. The van der Waals surface area contributed by atoms with E-state index in [0.717, 1.165) is 48.2 Å². The van der Waals surface area contributed by atoms with E-state index in [2.05, 4.69) is 20.2 Å². The van der Waals surface area contributed by atoms with Crippen LogP contribution in [0.4, 0.5) is 10.2 Å². The Hall–Kier alpha value is -3.02. The first kappa shape index (κ1) is 16.4. The van der Waals surface area contributed by atoms with Crippen LogP contribution in [0.25, 0.3) is 10.9 Å². The van der Waals surface area contributed by atoms with Gasteiger partial charge in [-0.3, -0.25) is 4.79 Å². The molecule has 2 heterocycles. The Morgan fingerprint density at radius 3 is 2.77 bits per heavy atom. The van der Waals surface area contributed by atoms with Crippen molar-refractivity contribution in [3.63, 3.8) is 0 Å². The van der Waals surface area contributed by atoms with E-state index in [1.54, 1.807) is 24.5 Å². The summed E-state index contributed by atoms with van der Waals surface area (Å²) in [5, 5.41) is 3.72. The maximum absolute atomic E-state index is 13.3. The van der Waals surface area contributed by atoms with Gasteiger partial charge in [0.05, 0.1) is 5.52 Å². The first-order chi connectivity index (χ1) is 12.7. The normalized spacial score (nSPS) is 14.0. The van der Waals surface area contributed by atoms with E-state index >= 15 is 0 Å². The van der Waals surface area contributed by atoms with Crippen molar-refractivity contribution >= 4 is 22.6 Å². The number of rotatable bonds is 4. The lowest BCUT2D eigenvalue weighted by Gasteiger charge is -2.18. The number of hydrogen-bond acceptors (Lipinski definition) is 4. The van der Waals surface area contributed by atoms with Gasteiger partial charge in [-0.1, -0.05) is 12.1 Å². The molecular formula is C20H19FN4O. The summed E-state index contributed by atoms with van der Waals surface area (Å²) in [4.78, 5) is 23.5. The number of fused-ring (bicyclic) bond motifs is 1. The number of nitrogens with one attached hydrogen (secondary N) is 1. The van der Waals surface area contributed by atoms with Crippen molar-refractivity contribution in [1.82, 2.24) is 15.3 Å². The summed E-state index contributed by atoms with van der Waals surface area (Å²) in [5.74, 6) is 0.370. The number of hydrogen-bond donors (Lipinski definition) is 1. The molecule has 132 valence electrons. The number of anilines is 1. The van der Waals surface area contributed by atoms with Crippen molar-refractivity contribution in [3.05, 3.63) is 65.7 Å². The molecule has 1 N–H and O–H groups in total. The molecule has 6 heteroatoms. The van der Waals surface area contributed by atoms with Gasteiger partial charge >= 0.3 is 0 Å². The van der Waals surface area contributed by atoms with Crippen LogP contribution in [0.15, 0.2) is 48.8 Å². The van der Waals surface area contributed by atoms with Crippen molar-refractivity contribution in [3.8, 4) is 0 Å². The third-order valence-corrected chi connectivity index (χ3v) is 4.62. The second-order valence-corrected chi connectivity index (χ2v) is 6.44. The average Bonchev–Trinajstić information content (AvgIpc) is 3.20. The Morgan fingerprint density at radius 1 is 1.12 bits per heavy atom. The van der Waals surface area contributed by atoms with Crippen LogP contribution >= 0.6 is 0 Å². The molecule has 1 aliphatic heterocycles. The molecule has 1 fully saturated rings. The number of aromatic nitrogens is 2. The third-order valence-electron chi connectivity index (χ3n) is 4.62. The minimum atomic E-state index is -0.310. The van der Waals surface area contributed by atoms with Crippen LogP contribution < -0.4 is 10.2 Å². The van der Waals surface area contributed by atoms with Crippen LogP contribution in [0.3, 0.4) is 0 Å². The number of carbonyl (C=O) groups is 1. The van der Waals surface area contributed by atoms with Gasteiger partial charge < -0.3 is 10.2 Å². The number of halogens is 1. The monoisotopic (exact) mass is 350 g/mol. The predicted molar refractivity (Wildman–Crippen MR) is 98.6 cm³/mol. The largest absolute Gasteiger partial charge is 0.356 e. The summed E-state index contributed by atoms with van der Waals surface area (Å²) < 4.78 is 13.3. The molecule has 0 saturated carbocycles. The molecule has 0 radical (unpaired) electrons. The van der Waals surface area contributed by atoms with Gasteiger partial charge in [-0.05, 0) is 48.7 Å². The number of amides is 1. The molecule has 4 rings (SSSR count). The van der Waals surface area contributed by atoms with Crippen LogP contribution in [-0.4, -0.2) is 29.0 Å². The van der Waals surface area contributed by atoms with Gasteiger partial charge in [0.1, 0.15) is 18.0 Å². The summed E-state index contributed by atoms with van der Waals surface area (Å²) in [5.41, 5.74) is 2.09. The topological polar surface area (TPSA) is 58.1 Å². The summed E-state index contributed by atoms with van der Waals surface area (Å²) in [6.07, 6.45) is 3.87. The molecular weight excluding hydrogens is 331 g/mol. The number of benzene rings is 2. The first-order valence-corrected chi connectivity index (χ1v) is 8.73. The number of nitrogens with zero attached hydrogens (tertiary/aromatic N) is 3. The summed E-state index contributed by atoms with van der Waals surface area (Å²) in [7, 11) is 0. The molecule has 1 amide bonds. The molecule has 0 aliphatic carbocycles. The zero-order valence-electron chi connectivity index (χ0n) is 14.3. The SMILES string of the molecule is O=C(NCc1cccc(F)c1)c1ccc2ncnc(N3CCCC3)c2c1. The maximum atomic E-state index is 13.3. The third kappa shape index (κ3) is 3.35. The van der Waals surface area contributed by atoms with Crippen molar-refractivity contribution in [2.75, 3.05) is 18.0 Å². The molecule has 26 heavy (non-hydrogen) atoms.